The molecule has 2 unspecified atom stereocenters. The molecule has 0 bridgehead atoms. The second kappa shape index (κ2) is 8.68. The van der Waals surface area contributed by atoms with Crippen molar-refractivity contribution in [3.8, 4) is 0 Å². The Bertz CT molecular complexity index is 570. The first kappa shape index (κ1) is 18.2. The van der Waals surface area contributed by atoms with E-state index in [9.17, 15) is 9.90 Å². The lowest BCUT2D eigenvalue weighted by Gasteiger charge is -2.30. The van der Waals surface area contributed by atoms with Crippen LogP contribution in [0.2, 0.25) is 0 Å². The number of rotatable bonds is 5. The van der Waals surface area contributed by atoms with Gasteiger partial charge in [-0.15, -0.1) is 0 Å². The van der Waals surface area contributed by atoms with E-state index in [4.69, 9.17) is 0 Å². The van der Waals surface area contributed by atoms with Crippen LogP contribution in [0.25, 0.3) is 0 Å². The van der Waals surface area contributed by atoms with Crippen LogP contribution in [0, 0.1) is 5.92 Å². The molecule has 3 N–H and O–H groups in total. The first-order chi connectivity index (χ1) is 12.1. The SMILES string of the molecule is CC1CCCC1NC(=O)NCc1ccccc1CN1CCC(O)CC1. The lowest BCUT2D eigenvalue weighted by Crippen LogP contribution is -2.43. The van der Waals surface area contributed by atoms with Gasteiger partial charge in [0.1, 0.15) is 0 Å². The molecule has 2 amide bonds. The molecular formula is C20H31N3O2. The highest BCUT2D eigenvalue weighted by Crippen LogP contribution is 2.24. The lowest BCUT2D eigenvalue weighted by molar-refractivity contribution is 0.0791. The van der Waals surface area contributed by atoms with Gasteiger partial charge < -0.3 is 15.7 Å². The van der Waals surface area contributed by atoms with Gasteiger partial charge in [0.2, 0.25) is 0 Å². The molecule has 3 rings (SSSR count). The fourth-order valence-electron chi connectivity index (χ4n) is 3.96. The molecule has 1 heterocycles. The number of nitrogens with one attached hydrogen (secondary N) is 2. The van der Waals surface area contributed by atoms with Crippen LogP contribution < -0.4 is 10.6 Å². The second-order valence-electron chi connectivity index (χ2n) is 7.62. The topological polar surface area (TPSA) is 64.6 Å². The van der Waals surface area contributed by atoms with Gasteiger partial charge >= 0.3 is 6.03 Å². The number of urea groups is 1. The highest BCUT2D eigenvalue weighted by molar-refractivity contribution is 5.74. The zero-order valence-corrected chi connectivity index (χ0v) is 15.2. The summed E-state index contributed by atoms with van der Waals surface area (Å²) in [4.78, 5) is 14.6. The fourth-order valence-corrected chi connectivity index (χ4v) is 3.96. The van der Waals surface area contributed by atoms with E-state index in [2.05, 4.69) is 40.7 Å². The van der Waals surface area contributed by atoms with Crippen LogP contribution in [0.4, 0.5) is 4.79 Å². The van der Waals surface area contributed by atoms with Crippen LogP contribution in [0.5, 0.6) is 0 Å². The summed E-state index contributed by atoms with van der Waals surface area (Å²) in [6, 6.07) is 8.56. The maximum atomic E-state index is 12.2. The van der Waals surface area contributed by atoms with Gasteiger partial charge in [0, 0.05) is 32.2 Å². The van der Waals surface area contributed by atoms with Crippen LogP contribution in [0.3, 0.4) is 0 Å². The molecule has 2 fully saturated rings. The zero-order chi connectivity index (χ0) is 17.6. The molecule has 2 atom stereocenters. The van der Waals surface area contributed by atoms with E-state index >= 15 is 0 Å². The zero-order valence-electron chi connectivity index (χ0n) is 15.2. The molecule has 2 aliphatic rings. The molecule has 1 aromatic carbocycles. The van der Waals surface area contributed by atoms with Crippen molar-refractivity contribution in [1.82, 2.24) is 15.5 Å². The Morgan fingerprint density at radius 1 is 1.16 bits per heavy atom. The van der Waals surface area contributed by atoms with E-state index in [0.717, 1.165) is 38.9 Å². The van der Waals surface area contributed by atoms with Crippen molar-refractivity contribution in [2.24, 2.45) is 5.92 Å². The van der Waals surface area contributed by atoms with Gasteiger partial charge in [-0.05, 0) is 42.7 Å². The number of aliphatic hydroxyl groups excluding tert-OH is 1. The molecule has 1 saturated heterocycles. The predicted octanol–water partition coefficient (Wildman–Crippen LogP) is 2.63. The van der Waals surface area contributed by atoms with Gasteiger partial charge in [0.05, 0.1) is 6.10 Å². The minimum atomic E-state index is -0.144. The van der Waals surface area contributed by atoms with Crippen molar-refractivity contribution in [2.45, 2.75) is 64.3 Å². The van der Waals surface area contributed by atoms with Gasteiger partial charge in [0.15, 0.2) is 0 Å². The molecule has 0 radical (unpaired) electrons. The quantitative estimate of drug-likeness (QED) is 0.769. The standard InChI is InChI=1S/C20H31N3O2/c1-15-5-4-8-19(15)22-20(25)21-13-16-6-2-3-7-17(16)14-23-11-9-18(24)10-12-23/h2-3,6-7,15,18-19,24H,4-5,8-14H2,1H3,(H2,21,22,25). The molecule has 1 aliphatic heterocycles. The normalized spacial score (nSPS) is 25.0. The summed E-state index contributed by atoms with van der Waals surface area (Å²) in [5.41, 5.74) is 2.43. The van der Waals surface area contributed by atoms with Gasteiger partial charge in [-0.1, -0.05) is 37.6 Å². The van der Waals surface area contributed by atoms with Gasteiger partial charge in [-0.25, -0.2) is 4.79 Å². The number of amides is 2. The molecule has 25 heavy (non-hydrogen) atoms. The average molecular weight is 345 g/mol. The van der Waals surface area contributed by atoms with Crippen LogP contribution in [-0.4, -0.2) is 41.3 Å². The van der Waals surface area contributed by atoms with E-state index in [-0.39, 0.29) is 12.1 Å². The Balaban J connectivity index is 1.51. The number of benzene rings is 1. The lowest BCUT2D eigenvalue weighted by atomic mass is 10.0. The number of hydrogen-bond acceptors (Lipinski definition) is 3. The van der Waals surface area contributed by atoms with Gasteiger partial charge in [-0.3, -0.25) is 4.90 Å². The summed E-state index contributed by atoms with van der Waals surface area (Å²) in [5, 5.41) is 15.8. The highest BCUT2D eigenvalue weighted by Gasteiger charge is 2.24. The van der Waals surface area contributed by atoms with Crippen LogP contribution in [0.15, 0.2) is 24.3 Å². The molecule has 138 valence electrons. The molecule has 0 aromatic heterocycles. The van der Waals surface area contributed by atoms with Crippen molar-refractivity contribution in [1.29, 1.82) is 0 Å². The van der Waals surface area contributed by atoms with Crippen molar-refractivity contribution in [3.63, 3.8) is 0 Å². The maximum Gasteiger partial charge on any atom is 0.315 e. The van der Waals surface area contributed by atoms with Crippen LogP contribution >= 0.6 is 0 Å². The molecule has 0 spiro atoms. The number of carbonyl (C=O) groups excluding carboxylic acids is 1. The van der Waals surface area contributed by atoms with E-state index < -0.39 is 0 Å². The summed E-state index contributed by atoms with van der Waals surface area (Å²) in [6.07, 6.45) is 5.06. The molecule has 5 heteroatoms. The number of carbonyl (C=O) groups is 1. The number of likely N-dealkylation sites (tertiary alicyclic amines) is 1. The molecule has 1 saturated carbocycles. The Kier molecular flexibility index (Phi) is 6.32. The Hall–Kier alpha value is -1.59. The third-order valence-electron chi connectivity index (χ3n) is 5.69. The average Bonchev–Trinajstić information content (AvgIpc) is 3.01. The Morgan fingerprint density at radius 3 is 2.56 bits per heavy atom. The first-order valence-corrected chi connectivity index (χ1v) is 9.63. The van der Waals surface area contributed by atoms with Crippen molar-refractivity contribution in [2.75, 3.05) is 13.1 Å². The highest BCUT2D eigenvalue weighted by atomic mass is 16.3. The van der Waals surface area contributed by atoms with E-state index in [1.165, 1.54) is 24.0 Å². The predicted molar refractivity (Wildman–Crippen MR) is 99.1 cm³/mol. The largest absolute Gasteiger partial charge is 0.393 e. The molecule has 1 aliphatic carbocycles. The number of nitrogens with zero attached hydrogens (tertiary/aromatic N) is 1. The third-order valence-corrected chi connectivity index (χ3v) is 5.69. The minimum absolute atomic E-state index is 0.0605. The summed E-state index contributed by atoms with van der Waals surface area (Å²) in [7, 11) is 0. The van der Waals surface area contributed by atoms with Crippen molar-refractivity contribution < 1.29 is 9.90 Å². The Labute approximate surface area is 150 Å². The van der Waals surface area contributed by atoms with Crippen molar-refractivity contribution >= 4 is 6.03 Å². The number of hydrogen-bond donors (Lipinski definition) is 3. The third kappa shape index (κ3) is 5.19. The van der Waals surface area contributed by atoms with Gasteiger partial charge in [0.25, 0.3) is 0 Å². The molecule has 5 nitrogen and oxygen atoms in total. The Morgan fingerprint density at radius 2 is 1.88 bits per heavy atom. The summed E-state index contributed by atoms with van der Waals surface area (Å²) >= 11 is 0. The minimum Gasteiger partial charge on any atom is -0.393 e. The maximum absolute atomic E-state index is 12.2. The molecular weight excluding hydrogens is 314 g/mol. The summed E-state index contributed by atoms with van der Waals surface area (Å²) in [5.74, 6) is 0.576. The second-order valence-corrected chi connectivity index (χ2v) is 7.62. The molecule has 1 aromatic rings. The van der Waals surface area contributed by atoms with Crippen molar-refractivity contribution in [3.05, 3.63) is 35.4 Å². The number of piperidine rings is 1. The summed E-state index contributed by atoms with van der Waals surface area (Å²) in [6.45, 7) is 5.51. The van der Waals surface area contributed by atoms with Gasteiger partial charge in [-0.2, -0.15) is 0 Å². The van der Waals surface area contributed by atoms with E-state index in [0.29, 0.717) is 18.5 Å². The van der Waals surface area contributed by atoms with E-state index in [1.807, 2.05) is 6.07 Å². The van der Waals surface area contributed by atoms with Crippen LogP contribution in [0.1, 0.15) is 50.2 Å². The fraction of sp³-hybridized carbons (Fsp3) is 0.650. The van der Waals surface area contributed by atoms with Crippen LogP contribution in [-0.2, 0) is 13.1 Å². The number of aliphatic hydroxyl groups is 1. The monoisotopic (exact) mass is 345 g/mol. The smallest absolute Gasteiger partial charge is 0.315 e. The van der Waals surface area contributed by atoms with E-state index in [1.54, 1.807) is 0 Å². The first-order valence-electron chi connectivity index (χ1n) is 9.63. The summed E-state index contributed by atoms with van der Waals surface area (Å²) < 4.78 is 0.